The van der Waals surface area contributed by atoms with E-state index in [1.54, 1.807) is 24.1 Å². The molecule has 1 atom stereocenters. The monoisotopic (exact) mass is 304 g/mol. The Hall–Kier alpha value is -2.04. The molecule has 0 aliphatic carbocycles. The fourth-order valence-electron chi connectivity index (χ4n) is 2.76. The molecule has 1 unspecified atom stereocenters. The molecule has 1 heterocycles. The molecule has 1 aromatic carbocycles. The molecule has 120 valence electrons. The number of carbonyl (C=O) groups excluding carboxylic acids is 2. The number of ether oxygens (including phenoxy) is 1. The molecule has 1 aromatic rings. The zero-order valence-electron chi connectivity index (χ0n) is 13.5. The Morgan fingerprint density at radius 3 is 2.77 bits per heavy atom. The fraction of sp³-hybridized carbons (Fsp3) is 0.529. The summed E-state index contributed by atoms with van der Waals surface area (Å²) in [5, 5.41) is 2.93. The number of likely N-dealkylation sites (tertiary alicyclic amines) is 1. The van der Waals surface area contributed by atoms with Gasteiger partial charge in [0.25, 0.3) is 5.91 Å². The van der Waals surface area contributed by atoms with E-state index in [4.69, 9.17) is 4.74 Å². The number of hydrogen-bond donors (Lipinski definition) is 1. The molecule has 0 radical (unpaired) electrons. The maximum absolute atomic E-state index is 12.7. The minimum absolute atomic E-state index is 0.0321. The van der Waals surface area contributed by atoms with Crippen molar-refractivity contribution in [2.24, 2.45) is 5.41 Å². The quantitative estimate of drug-likeness (QED) is 0.906. The van der Waals surface area contributed by atoms with Crippen LogP contribution in [-0.2, 0) is 4.79 Å². The molecular weight excluding hydrogens is 280 g/mol. The number of carbonyl (C=O) groups is 2. The number of rotatable bonds is 5. The average molecular weight is 304 g/mol. The zero-order valence-corrected chi connectivity index (χ0v) is 13.5. The normalized spacial score (nSPS) is 20.8. The molecule has 1 aliphatic rings. The summed E-state index contributed by atoms with van der Waals surface area (Å²) in [6.45, 7) is 5.66. The van der Waals surface area contributed by atoms with Crippen LogP contribution in [0.25, 0.3) is 0 Å². The number of nitrogens with one attached hydrogen (secondary N) is 1. The topological polar surface area (TPSA) is 58.6 Å². The van der Waals surface area contributed by atoms with Gasteiger partial charge in [0.1, 0.15) is 5.75 Å². The van der Waals surface area contributed by atoms with Crippen molar-refractivity contribution in [3.8, 4) is 5.75 Å². The third-order valence-electron chi connectivity index (χ3n) is 4.18. The number of hydrogen-bond acceptors (Lipinski definition) is 3. The molecule has 0 bridgehead atoms. The maximum atomic E-state index is 12.7. The highest BCUT2D eigenvalue weighted by Gasteiger charge is 2.42. The Labute approximate surface area is 131 Å². The van der Waals surface area contributed by atoms with E-state index in [1.165, 1.54) is 0 Å². The van der Waals surface area contributed by atoms with Crippen LogP contribution in [0.3, 0.4) is 0 Å². The van der Waals surface area contributed by atoms with E-state index in [9.17, 15) is 9.59 Å². The lowest BCUT2D eigenvalue weighted by Gasteiger charge is -2.24. The van der Waals surface area contributed by atoms with Gasteiger partial charge >= 0.3 is 0 Å². The molecule has 1 fully saturated rings. The van der Waals surface area contributed by atoms with E-state index >= 15 is 0 Å². The molecule has 1 N–H and O–H groups in total. The van der Waals surface area contributed by atoms with Crippen LogP contribution in [0.4, 0.5) is 0 Å². The van der Waals surface area contributed by atoms with Gasteiger partial charge in [-0.15, -0.1) is 0 Å². The molecular formula is C17H24N2O3. The first kappa shape index (κ1) is 16.3. The molecule has 0 spiro atoms. The van der Waals surface area contributed by atoms with Crippen LogP contribution < -0.4 is 10.1 Å². The highest BCUT2D eigenvalue weighted by molar-refractivity contribution is 5.97. The van der Waals surface area contributed by atoms with Gasteiger partial charge in [-0.3, -0.25) is 9.59 Å². The van der Waals surface area contributed by atoms with Gasteiger partial charge in [0.2, 0.25) is 5.91 Å². The van der Waals surface area contributed by atoms with Gasteiger partial charge in [-0.25, -0.2) is 0 Å². The Bertz CT molecular complexity index is 559. The van der Waals surface area contributed by atoms with Crippen LogP contribution in [0.5, 0.6) is 5.75 Å². The largest absolute Gasteiger partial charge is 0.496 e. The Kier molecular flexibility index (Phi) is 5.06. The van der Waals surface area contributed by atoms with E-state index in [1.807, 2.05) is 26.0 Å². The molecule has 0 aromatic heterocycles. The summed E-state index contributed by atoms with van der Waals surface area (Å²) in [6.07, 6.45) is 1.59. The Morgan fingerprint density at radius 2 is 2.09 bits per heavy atom. The van der Waals surface area contributed by atoms with Crippen LogP contribution in [0.15, 0.2) is 24.3 Å². The van der Waals surface area contributed by atoms with Crippen LogP contribution in [-0.4, -0.2) is 43.5 Å². The lowest BCUT2D eigenvalue weighted by atomic mass is 9.88. The molecule has 1 aliphatic heterocycles. The summed E-state index contributed by atoms with van der Waals surface area (Å²) in [5.41, 5.74) is 0.0375. The van der Waals surface area contributed by atoms with Crippen molar-refractivity contribution in [1.82, 2.24) is 10.2 Å². The molecule has 1 saturated heterocycles. The number of methoxy groups -OCH3 is 1. The van der Waals surface area contributed by atoms with Crippen molar-refractivity contribution in [1.29, 1.82) is 0 Å². The van der Waals surface area contributed by atoms with E-state index in [0.29, 0.717) is 37.4 Å². The molecule has 2 amide bonds. The first-order valence-electron chi connectivity index (χ1n) is 7.72. The standard InChI is InChI=1S/C17H24N2O3/c1-4-10-18-16(21)17(2)9-11-19(12-17)15(20)13-7-5-6-8-14(13)22-3/h5-8H,4,9-12H2,1-3H3,(H,18,21). The minimum atomic E-state index is -0.507. The summed E-state index contributed by atoms with van der Waals surface area (Å²) in [4.78, 5) is 26.7. The summed E-state index contributed by atoms with van der Waals surface area (Å²) in [5.74, 6) is 0.519. The number of para-hydroxylation sites is 1. The molecule has 5 heteroatoms. The lowest BCUT2D eigenvalue weighted by molar-refractivity contribution is -0.129. The van der Waals surface area contributed by atoms with Crippen LogP contribution in [0.1, 0.15) is 37.0 Å². The van der Waals surface area contributed by atoms with Crippen molar-refractivity contribution in [3.63, 3.8) is 0 Å². The Balaban J connectivity index is 2.09. The van der Waals surface area contributed by atoms with Crippen molar-refractivity contribution in [2.75, 3.05) is 26.7 Å². The van der Waals surface area contributed by atoms with Crippen molar-refractivity contribution in [2.45, 2.75) is 26.7 Å². The molecule has 2 rings (SSSR count). The van der Waals surface area contributed by atoms with Gasteiger partial charge in [-0.1, -0.05) is 19.1 Å². The van der Waals surface area contributed by atoms with Gasteiger partial charge in [0.15, 0.2) is 0 Å². The first-order valence-corrected chi connectivity index (χ1v) is 7.72. The predicted octanol–water partition coefficient (Wildman–Crippen LogP) is 2.07. The van der Waals surface area contributed by atoms with Crippen molar-refractivity contribution < 1.29 is 14.3 Å². The van der Waals surface area contributed by atoms with Crippen LogP contribution in [0.2, 0.25) is 0 Å². The van der Waals surface area contributed by atoms with Gasteiger partial charge < -0.3 is 15.0 Å². The minimum Gasteiger partial charge on any atom is -0.496 e. The van der Waals surface area contributed by atoms with E-state index < -0.39 is 5.41 Å². The third kappa shape index (κ3) is 3.24. The smallest absolute Gasteiger partial charge is 0.257 e. The number of benzene rings is 1. The second-order valence-electron chi connectivity index (χ2n) is 5.99. The van der Waals surface area contributed by atoms with Gasteiger partial charge in [0.05, 0.1) is 18.1 Å². The van der Waals surface area contributed by atoms with Gasteiger partial charge in [-0.05, 0) is 31.9 Å². The number of amides is 2. The highest BCUT2D eigenvalue weighted by Crippen LogP contribution is 2.32. The van der Waals surface area contributed by atoms with Crippen LogP contribution >= 0.6 is 0 Å². The van der Waals surface area contributed by atoms with Gasteiger partial charge in [-0.2, -0.15) is 0 Å². The van der Waals surface area contributed by atoms with E-state index in [2.05, 4.69) is 5.32 Å². The summed E-state index contributed by atoms with van der Waals surface area (Å²) < 4.78 is 5.25. The molecule has 0 saturated carbocycles. The van der Waals surface area contributed by atoms with E-state index in [-0.39, 0.29) is 11.8 Å². The Morgan fingerprint density at radius 1 is 1.36 bits per heavy atom. The number of nitrogens with zero attached hydrogens (tertiary/aromatic N) is 1. The summed E-state index contributed by atoms with van der Waals surface area (Å²) in [6, 6.07) is 7.19. The SMILES string of the molecule is CCCNC(=O)C1(C)CCN(C(=O)c2ccccc2OC)C1. The molecule has 22 heavy (non-hydrogen) atoms. The third-order valence-corrected chi connectivity index (χ3v) is 4.18. The highest BCUT2D eigenvalue weighted by atomic mass is 16.5. The first-order chi connectivity index (χ1) is 10.5. The fourth-order valence-corrected chi connectivity index (χ4v) is 2.76. The zero-order chi connectivity index (χ0) is 16.2. The summed E-state index contributed by atoms with van der Waals surface area (Å²) in [7, 11) is 1.55. The van der Waals surface area contributed by atoms with Gasteiger partial charge in [0, 0.05) is 19.6 Å². The molecule has 5 nitrogen and oxygen atoms in total. The van der Waals surface area contributed by atoms with Crippen LogP contribution in [0, 0.1) is 5.41 Å². The second-order valence-corrected chi connectivity index (χ2v) is 5.99. The van der Waals surface area contributed by atoms with E-state index in [0.717, 1.165) is 6.42 Å². The predicted molar refractivity (Wildman–Crippen MR) is 84.9 cm³/mol. The maximum Gasteiger partial charge on any atom is 0.257 e. The van der Waals surface area contributed by atoms with Crippen molar-refractivity contribution >= 4 is 11.8 Å². The second kappa shape index (κ2) is 6.81. The summed E-state index contributed by atoms with van der Waals surface area (Å²) >= 11 is 0. The average Bonchev–Trinajstić information content (AvgIpc) is 2.95. The lowest BCUT2D eigenvalue weighted by Crippen LogP contribution is -2.42. The van der Waals surface area contributed by atoms with Crippen molar-refractivity contribution in [3.05, 3.63) is 29.8 Å².